The van der Waals surface area contributed by atoms with Gasteiger partial charge in [0.2, 0.25) is 10.0 Å². The molecule has 1 spiro atoms. The average molecular weight is 351 g/mol. The Balaban J connectivity index is 1.49. The molecule has 6 heteroatoms. The SMILES string of the molecule is Cc1ccc(S(=O)(=O)N2CC[C@H]2[C@H]2COC3(CCCCC3)O2)cc1. The van der Waals surface area contributed by atoms with Gasteiger partial charge in [0.15, 0.2) is 5.79 Å². The highest BCUT2D eigenvalue weighted by Gasteiger charge is 2.50. The van der Waals surface area contributed by atoms with Gasteiger partial charge in [-0.1, -0.05) is 24.1 Å². The first-order chi connectivity index (χ1) is 11.5. The van der Waals surface area contributed by atoms with Crippen LogP contribution in [-0.4, -0.2) is 43.8 Å². The zero-order valence-corrected chi connectivity index (χ0v) is 14.9. The summed E-state index contributed by atoms with van der Waals surface area (Å²) < 4.78 is 39.6. The fourth-order valence-electron chi connectivity index (χ4n) is 4.02. The van der Waals surface area contributed by atoms with Crippen molar-refractivity contribution < 1.29 is 17.9 Å². The van der Waals surface area contributed by atoms with Gasteiger partial charge >= 0.3 is 0 Å². The Kier molecular flexibility index (Phi) is 4.19. The molecule has 3 fully saturated rings. The lowest BCUT2D eigenvalue weighted by Crippen LogP contribution is -2.57. The van der Waals surface area contributed by atoms with Crippen molar-refractivity contribution in [1.82, 2.24) is 4.31 Å². The van der Waals surface area contributed by atoms with Crippen LogP contribution in [0, 0.1) is 6.92 Å². The molecule has 1 saturated carbocycles. The van der Waals surface area contributed by atoms with Crippen molar-refractivity contribution in [2.24, 2.45) is 0 Å². The Hall–Kier alpha value is -0.950. The van der Waals surface area contributed by atoms with Gasteiger partial charge in [0, 0.05) is 19.4 Å². The largest absolute Gasteiger partial charge is 0.347 e. The summed E-state index contributed by atoms with van der Waals surface area (Å²) in [5, 5.41) is 0. The smallest absolute Gasteiger partial charge is 0.243 e. The molecule has 0 bridgehead atoms. The van der Waals surface area contributed by atoms with E-state index < -0.39 is 15.8 Å². The van der Waals surface area contributed by atoms with Crippen molar-refractivity contribution in [3.8, 4) is 0 Å². The van der Waals surface area contributed by atoms with Crippen molar-refractivity contribution in [2.45, 2.75) is 68.3 Å². The molecule has 1 aliphatic carbocycles. The van der Waals surface area contributed by atoms with Crippen LogP contribution in [0.1, 0.15) is 44.1 Å². The molecule has 0 N–H and O–H groups in total. The third kappa shape index (κ3) is 2.79. The lowest BCUT2D eigenvalue weighted by atomic mass is 9.94. The standard InChI is InChI=1S/C18H25NO4S/c1-14-5-7-15(8-6-14)24(20,21)19-12-9-16(19)17-13-22-18(23-17)10-3-2-4-11-18/h5-8,16-17H,2-4,9-13H2,1H3/t16-,17+/m0/s1. The highest BCUT2D eigenvalue weighted by Crippen LogP contribution is 2.41. The van der Waals surface area contributed by atoms with Gasteiger partial charge in [-0.2, -0.15) is 4.31 Å². The minimum atomic E-state index is -3.45. The van der Waals surface area contributed by atoms with E-state index in [2.05, 4.69) is 0 Å². The normalized spacial score (nSPS) is 30.4. The van der Waals surface area contributed by atoms with E-state index in [-0.39, 0.29) is 12.1 Å². The molecule has 4 rings (SSSR count). The second-order valence-electron chi connectivity index (χ2n) is 7.22. The fraction of sp³-hybridized carbons (Fsp3) is 0.667. The molecule has 0 amide bonds. The quantitative estimate of drug-likeness (QED) is 0.840. The Morgan fingerprint density at radius 1 is 1.12 bits per heavy atom. The van der Waals surface area contributed by atoms with E-state index in [1.807, 2.05) is 19.1 Å². The number of benzene rings is 1. The summed E-state index contributed by atoms with van der Waals surface area (Å²) in [5.74, 6) is -0.447. The fourth-order valence-corrected chi connectivity index (χ4v) is 5.71. The first kappa shape index (κ1) is 16.5. The van der Waals surface area contributed by atoms with Gasteiger partial charge in [0.25, 0.3) is 0 Å². The molecule has 24 heavy (non-hydrogen) atoms. The van der Waals surface area contributed by atoms with Gasteiger partial charge < -0.3 is 9.47 Å². The zero-order valence-electron chi connectivity index (χ0n) is 14.1. The molecule has 2 saturated heterocycles. The van der Waals surface area contributed by atoms with Crippen molar-refractivity contribution in [1.29, 1.82) is 0 Å². The summed E-state index contributed by atoms with van der Waals surface area (Å²) in [7, 11) is -3.45. The number of hydrogen-bond donors (Lipinski definition) is 0. The third-order valence-corrected chi connectivity index (χ3v) is 7.50. The Morgan fingerprint density at radius 3 is 2.46 bits per heavy atom. The monoisotopic (exact) mass is 351 g/mol. The summed E-state index contributed by atoms with van der Waals surface area (Å²) in [6.45, 7) is 3.02. The molecule has 0 aromatic heterocycles. The number of nitrogens with zero attached hydrogens (tertiary/aromatic N) is 1. The predicted molar refractivity (Wildman–Crippen MR) is 90.1 cm³/mol. The minimum Gasteiger partial charge on any atom is -0.347 e. The number of aryl methyl sites for hydroxylation is 1. The van der Waals surface area contributed by atoms with Crippen molar-refractivity contribution in [2.75, 3.05) is 13.2 Å². The van der Waals surface area contributed by atoms with Crippen molar-refractivity contribution in [3.63, 3.8) is 0 Å². The second-order valence-corrected chi connectivity index (χ2v) is 9.11. The molecule has 5 nitrogen and oxygen atoms in total. The van der Waals surface area contributed by atoms with Crippen molar-refractivity contribution in [3.05, 3.63) is 29.8 Å². The third-order valence-electron chi connectivity index (χ3n) is 5.56. The van der Waals surface area contributed by atoms with E-state index in [4.69, 9.17) is 9.47 Å². The Labute approximate surface area is 144 Å². The number of sulfonamides is 1. The van der Waals surface area contributed by atoms with Gasteiger partial charge in [0.05, 0.1) is 17.5 Å². The number of rotatable bonds is 3. The molecule has 0 radical (unpaired) electrons. The van der Waals surface area contributed by atoms with Gasteiger partial charge in [0.1, 0.15) is 6.10 Å². The van der Waals surface area contributed by atoms with Gasteiger partial charge in [-0.05, 0) is 38.3 Å². The first-order valence-electron chi connectivity index (χ1n) is 8.91. The summed E-state index contributed by atoms with van der Waals surface area (Å²) in [6, 6.07) is 6.96. The Bertz CT molecular complexity index is 694. The lowest BCUT2D eigenvalue weighted by molar-refractivity contribution is -0.193. The van der Waals surface area contributed by atoms with E-state index in [1.165, 1.54) is 6.42 Å². The minimum absolute atomic E-state index is 0.0994. The average Bonchev–Trinajstić information content (AvgIpc) is 2.90. The summed E-state index contributed by atoms with van der Waals surface area (Å²) in [5.41, 5.74) is 1.06. The highest BCUT2D eigenvalue weighted by molar-refractivity contribution is 7.89. The van der Waals surface area contributed by atoms with Crippen LogP contribution in [0.25, 0.3) is 0 Å². The van der Waals surface area contributed by atoms with Crippen LogP contribution in [0.15, 0.2) is 29.2 Å². The topological polar surface area (TPSA) is 55.8 Å². The van der Waals surface area contributed by atoms with Crippen LogP contribution >= 0.6 is 0 Å². The zero-order chi connectivity index (χ0) is 16.8. The summed E-state index contributed by atoms with van der Waals surface area (Å²) >= 11 is 0. The van der Waals surface area contributed by atoms with E-state index in [9.17, 15) is 8.42 Å². The molecule has 3 aliphatic rings. The van der Waals surface area contributed by atoms with E-state index in [1.54, 1.807) is 16.4 Å². The predicted octanol–water partition coefficient (Wildman–Crippen LogP) is 2.83. The molecule has 2 heterocycles. The van der Waals surface area contributed by atoms with Crippen LogP contribution < -0.4 is 0 Å². The van der Waals surface area contributed by atoms with Gasteiger partial charge in [-0.3, -0.25) is 0 Å². The maximum absolute atomic E-state index is 12.9. The molecule has 132 valence electrons. The van der Waals surface area contributed by atoms with Gasteiger partial charge in [-0.25, -0.2) is 8.42 Å². The number of ether oxygens (including phenoxy) is 2. The number of hydrogen-bond acceptors (Lipinski definition) is 4. The van der Waals surface area contributed by atoms with Crippen LogP contribution in [0.3, 0.4) is 0 Å². The summed E-state index contributed by atoms with van der Waals surface area (Å²) in [6.07, 6.45) is 6.05. The van der Waals surface area contributed by atoms with E-state index in [0.717, 1.165) is 37.7 Å². The van der Waals surface area contributed by atoms with Crippen molar-refractivity contribution >= 4 is 10.0 Å². The van der Waals surface area contributed by atoms with Crippen LogP contribution in [-0.2, 0) is 19.5 Å². The lowest BCUT2D eigenvalue weighted by Gasteiger charge is -2.43. The van der Waals surface area contributed by atoms with E-state index >= 15 is 0 Å². The maximum Gasteiger partial charge on any atom is 0.243 e. The molecular weight excluding hydrogens is 326 g/mol. The Morgan fingerprint density at radius 2 is 1.83 bits per heavy atom. The molecular formula is C18H25NO4S. The highest BCUT2D eigenvalue weighted by atomic mass is 32.2. The molecule has 0 unspecified atom stereocenters. The summed E-state index contributed by atoms with van der Waals surface area (Å²) in [4.78, 5) is 0.365. The second kappa shape index (κ2) is 6.09. The molecule has 2 aliphatic heterocycles. The molecule has 1 aromatic carbocycles. The van der Waals surface area contributed by atoms with E-state index in [0.29, 0.717) is 18.0 Å². The maximum atomic E-state index is 12.9. The van der Waals surface area contributed by atoms with Gasteiger partial charge in [-0.15, -0.1) is 0 Å². The van der Waals surface area contributed by atoms with Crippen LogP contribution in [0.2, 0.25) is 0 Å². The molecule has 2 atom stereocenters. The first-order valence-corrected chi connectivity index (χ1v) is 10.3. The van der Waals surface area contributed by atoms with Crippen LogP contribution in [0.5, 0.6) is 0 Å². The molecule has 1 aromatic rings. The van der Waals surface area contributed by atoms with Crippen LogP contribution in [0.4, 0.5) is 0 Å².